The van der Waals surface area contributed by atoms with Gasteiger partial charge in [-0.15, -0.1) is 0 Å². The van der Waals surface area contributed by atoms with Crippen LogP contribution in [0.15, 0.2) is 22.7 Å². The van der Waals surface area contributed by atoms with Crippen LogP contribution >= 0.6 is 15.9 Å². The zero-order chi connectivity index (χ0) is 11.9. The minimum atomic E-state index is -4.36. The number of nitrogens with two attached hydrogens (primary N) is 1. The van der Waals surface area contributed by atoms with Crippen LogP contribution in [0.4, 0.5) is 13.2 Å². The van der Waals surface area contributed by atoms with Gasteiger partial charge in [-0.05, 0) is 39.7 Å². The largest absolute Gasteiger partial charge is 0.431 e. The number of nitrogens with one attached hydrogen (secondary N) is 1. The van der Waals surface area contributed by atoms with Crippen LogP contribution in [-0.2, 0) is 12.7 Å². The Kier molecular flexibility index (Phi) is 2.71. The van der Waals surface area contributed by atoms with E-state index in [0.717, 1.165) is 11.6 Å². The van der Waals surface area contributed by atoms with E-state index in [9.17, 15) is 13.2 Å². The van der Waals surface area contributed by atoms with Crippen molar-refractivity contribution in [2.75, 3.05) is 0 Å². The zero-order valence-corrected chi connectivity index (χ0v) is 9.61. The SMILES string of the molecule is NCc1cc(Br)c2[nH]c(C(F)(F)F)cc2c1. The number of halogens is 4. The standard InChI is InChI=1S/C10H8BrF3N2/c11-7-2-5(4-15)1-6-3-8(10(12,13)14)16-9(6)7/h1-3,16H,4,15H2. The van der Waals surface area contributed by atoms with Gasteiger partial charge in [-0.3, -0.25) is 0 Å². The highest BCUT2D eigenvalue weighted by atomic mass is 79.9. The number of H-pyrrole nitrogens is 1. The number of benzene rings is 1. The number of aromatic amines is 1. The van der Waals surface area contributed by atoms with Crippen LogP contribution in [0.3, 0.4) is 0 Å². The summed E-state index contributed by atoms with van der Waals surface area (Å²) in [6.45, 7) is 0.293. The molecule has 0 aliphatic rings. The predicted octanol–water partition coefficient (Wildman–Crippen LogP) is 3.41. The molecule has 0 saturated carbocycles. The van der Waals surface area contributed by atoms with Gasteiger partial charge in [0.25, 0.3) is 0 Å². The smallest absolute Gasteiger partial charge is 0.350 e. The van der Waals surface area contributed by atoms with Gasteiger partial charge in [0.2, 0.25) is 0 Å². The van der Waals surface area contributed by atoms with Crippen LogP contribution in [0.2, 0.25) is 0 Å². The molecule has 0 amide bonds. The van der Waals surface area contributed by atoms with Crippen molar-refractivity contribution in [1.82, 2.24) is 4.98 Å². The first-order chi connectivity index (χ1) is 7.41. The fourth-order valence-corrected chi connectivity index (χ4v) is 2.15. The van der Waals surface area contributed by atoms with E-state index in [2.05, 4.69) is 20.9 Å². The second-order valence-corrected chi connectivity index (χ2v) is 4.28. The Morgan fingerprint density at radius 3 is 2.50 bits per heavy atom. The van der Waals surface area contributed by atoms with Gasteiger partial charge in [-0.2, -0.15) is 13.2 Å². The van der Waals surface area contributed by atoms with Gasteiger partial charge in [-0.1, -0.05) is 0 Å². The van der Waals surface area contributed by atoms with E-state index in [1.54, 1.807) is 12.1 Å². The summed E-state index contributed by atoms with van der Waals surface area (Å²) in [5, 5.41) is 0.502. The third-order valence-corrected chi connectivity index (χ3v) is 2.91. The topological polar surface area (TPSA) is 41.8 Å². The second kappa shape index (κ2) is 3.78. The Labute approximate surface area is 97.8 Å². The van der Waals surface area contributed by atoms with Gasteiger partial charge in [0, 0.05) is 16.4 Å². The van der Waals surface area contributed by atoms with Crippen LogP contribution in [0, 0.1) is 0 Å². The summed E-state index contributed by atoms with van der Waals surface area (Å²) in [4.78, 5) is 2.34. The quantitative estimate of drug-likeness (QED) is 0.831. The average Bonchev–Trinajstić information content (AvgIpc) is 2.61. The van der Waals surface area contributed by atoms with Crippen molar-refractivity contribution in [3.63, 3.8) is 0 Å². The van der Waals surface area contributed by atoms with Crippen LogP contribution in [0.1, 0.15) is 11.3 Å². The number of hydrogen-bond acceptors (Lipinski definition) is 1. The molecule has 0 fully saturated rings. The molecule has 0 spiro atoms. The first-order valence-corrected chi connectivity index (χ1v) is 5.29. The molecule has 6 heteroatoms. The lowest BCUT2D eigenvalue weighted by Gasteiger charge is -2.01. The van der Waals surface area contributed by atoms with E-state index in [1.165, 1.54) is 0 Å². The number of aromatic nitrogens is 1. The molecular formula is C10H8BrF3N2. The molecule has 0 atom stereocenters. The van der Waals surface area contributed by atoms with Crippen molar-refractivity contribution < 1.29 is 13.2 Å². The van der Waals surface area contributed by atoms with Crippen molar-refractivity contribution >= 4 is 26.8 Å². The third-order valence-electron chi connectivity index (χ3n) is 2.28. The zero-order valence-electron chi connectivity index (χ0n) is 8.03. The summed E-state index contributed by atoms with van der Waals surface area (Å²) in [6.07, 6.45) is -4.36. The molecule has 16 heavy (non-hydrogen) atoms. The second-order valence-electron chi connectivity index (χ2n) is 3.43. The molecular weight excluding hydrogens is 285 g/mol. The van der Waals surface area contributed by atoms with Crippen molar-refractivity contribution in [2.24, 2.45) is 5.73 Å². The highest BCUT2D eigenvalue weighted by molar-refractivity contribution is 9.10. The molecule has 0 bridgehead atoms. The van der Waals surface area contributed by atoms with E-state index >= 15 is 0 Å². The molecule has 0 saturated heterocycles. The maximum absolute atomic E-state index is 12.5. The molecule has 3 N–H and O–H groups in total. The first-order valence-electron chi connectivity index (χ1n) is 4.50. The Bertz CT molecular complexity index is 531. The van der Waals surface area contributed by atoms with Gasteiger partial charge in [0.05, 0.1) is 5.52 Å². The number of fused-ring (bicyclic) bond motifs is 1. The summed E-state index contributed by atoms with van der Waals surface area (Å²) in [6, 6.07) is 4.43. The number of hydrogen-bond donors (Lipinski definition) is 2. The summed E-state index contributed by atoms with van der Waals surface area (Å²) in [5.41, 5.74) is 5.92. The van der Waals surface area contributed by atoms with Gasteiger partial charge < -0.3 is 10.7 Å². The number of alkyl halides is 3. The molecule has 0 aliphatic carbocycles. The Balaban J connectivity index is 2.66. The molecule has 0 aliphatic heterocycles. The van der Waals surface area contributed by atoms with Crippen molar-refractivity contribution in [3.05, 3.63) is 33.9 Å². The minimum Gasteiger partial charge on any atom is -0.350 e. The molecule has 2 nitrogen and oxygen atoms in total. The van der Waals surface area contributed by atoms with Crippen LogP contribution in [0.25, 0.3) is 10.9 Å². The Morgan fingerprint density at radius 2 is 1.94 bits per heavy atom. The molecule has 1 aromatic carbocycles. The van der Waals surface area contributed by atoms with Gasteiger partial charge >= 0.3 is 6.18 Å². The normalized spacial score (nSPS) is 12.3. The fraction of sp³-hybridized carbons (Fsp3) is 0.200. The third kappa shape index (κ3) is 1.94. The summed E-state index contributed by atoms with van der Waals surface area (Å²) in [5.74, 6) is 0. The van der Waals surface area contributed by atoms with Crippen molar-refractivity contribution in [3.8, 4) is 0 Å². The lowest BCUT2D eigenvalue weighted by Crippen LogP contribution is -2.04. The Morgan fingerprint density at radius 1 is 1.25 bits per heavy atom. The predicted molar refractivity (Wildman–Crippen MR) is 58.9 cm³/mol. The van der Waals surface area contributed by atoms with E-state index in [4.69, 9.17) is 5.73 Å². The highest BCUT2D eigenvalue weighted by Gasteiger charge is 2.32. The maximum Gasteiger partial charge on any atom is 0.431 e. The van der Waals surface area contributed by atoms with Crippen molar-refractivity contribution in [1.29, 1.82) is 0 Å². The maximum atomic E-state index is 12.5. The van der Waals surface area contributed by atoms with Gasteiger partial charge in [-0.25, -0.2) is 0 Å². The van der Waals surface area contributed by atoms with E-state index in [0.29, 0.717) is 21.9 Å². The first kappa shape index (κ1) is 11.5. The van der Waals surface area contributed by atoms with E-state index in [1.807, 2.05) is 0 Å². The average molecular weight is 293 g/mol. The van der Waals surface area contributed by atoms with Crippen molar-refractivity contribution in [2.45, 2.75) is 12.7 Å². The van der Waals surface area contributed by atoms with Crippen LogP contribution < -0.4 is 5.73 Å². The highest BCUT2D eigenvalue weighted by Crippen LogP contribution is 2.33. The van der Waals surface area contributed by atoms with Crippen LogP contribution in [-0.4, -0.2) is 4.98 Å². The molecule has 2 rings (SSSR count). The summed E-state index contributed by atoms with van der Waals surface area (Å²) < 4.78 is 38.0. The number of rotatable bonds is 1. The molecule has 0 radical (unpaired) electrons. The van der Waals surface area contributed by atoms with E-state index in [-0.39, 0.29) is 0 Å². The molecule has 86 valence electrons. The molecule has 0 unspecified atom stereocenters. The minimum absolute atomic E-state index is 0.293. The van der Waals surface area contributed by atoms with E-state index < -0.39 is 11.9 Å². The Hall–Kier alpha value is -1.01. The summed E-state index contributed by atoms with van der Waals surface area (Å²) in [7, 11) is 0. The molecule has 2 aromatic rings. The summed E-state index contributed by atoms with van der Waals surface area (Å²) >= 11 is 3.21. The fourth-order valence-electron chi connectivity index (χ4n) is 1.53. The lowest BCUT2D eigenvalue weighted by molar-refractivity contribution is -0.140. The van der Waals surface area contributed by atoms with Gasteiger partial charge in [0.15, 0.2) is 0 Å². The van der Waals surface area contributed by atoms with Crippen LogP contribution in [0.5, 0.6) is 0 Å². The van der Waals surface area contributed by atoms with Gasteiger partial charge in [0.1, 0.15) is 5.69 Å². The molecule has 1 heterocycles. The molecule has 1 aromatic heterocycles. The lowest BCUT2D eigenvalue weighted by atomic mass is 10.1. The monoisotopic (exact) mass is 292 g/mol.